The van der Waals surface area contributed by atoms with E-state index >= 15 is 0 Å². The first-order chi connectivity index (χ1) is 8.71. The Bertz CT molecular complexity index is 434. The molecule has 0 radical (unpaired) electrons. The van der Waals surface area contributed by atoms with Crippen molar-refractivity contribution in [2.75, 3.05) is 11.4 Å². The minimum atomic E-state index is -4.56. The van der Waals surface area contributed by atoms with Gasteiger partial charge in [-0.2, -0.15) is 22.5 Å². The van der Waals surface area contributed by atoms with Crippen LogP contribution < -0.4 is 4.90 Å². The molecule has 0 aromatic carbocycles. The van der Waals surface area contributed by atoms with Crippen LogP contribution in [-0.2, 0) is 11.0 Å². The summed E-state index contributed by atoms with van der Waals surface area (Å²) in [5.41, 5.74) is 0. The topological polar surface area (TPSA) is 66.3 Å². The maximum absolute atomic E-state index is 12.4. The average Bonchev–Trinajstić information content (AvgIpc) is 2.71. The van der Waals surface area contributed by atoms with Crippen LogP contribution in [0.4, 0.5) is 18.3 Å². The van der Waals surface area contributed by atoms with Crippen LogP contribution in [0.15, 0.2) is 0 Å². The van der Waals surface area contributed by atoms with Gasteiger partial charge in [0.1, 0.15) is 0 Å². The Morgan fingerprint density at radius 2 is 2.11 bits per heavy atom. The Kier molecular flexibility index (Phi) is 5.10. The number of carbonyl (C=O) groups is 1. The number of rotatable bonds is 6. The quantitative estimate of drug-likeness (QED) is 0.874. The van der Waals surface area contributed by atoms with E-state index in [2.05, 4.69) is 9.36 Å². The molecule has 9 heteroatoms. The van der Waals surface area contributed by atoms with E-state index in [4.69, 9.17) is 5.11 Å². The van der Waals surface area contributed by atoms with Crippen molar-refractivity contribution in [3.05, 3.63) is 5.82 Å². The number of carboxylic acid groups (broad SMARTS) is 1. The van der Waals surface area contributed by atoms with Gasteiger partial charge in [-0.1, -0.05) is 0 Å². The number of aromatic nitrogens is 2. The Hall–Kier alpha value is -1.38. The van der Waals surface area contributed by atoms with Crippen molar-refractivity contribution in [1.82, 2.24) is 9.36 Å². The van der Waals surface area contributed by atoms with E-state index in [1.165, 1.54) is 0 Å². The molecular weight excluding hydrogens is 283 g/mol. The fraction of sp³-hybridized carbons (Fsp3) is 0.700. The van der Waals surface area contributed by atoms with Crippen molar-refractivity contribution in [3.8, 4) is 0 Å². The number of anilines is 1. The number of hydrogen-bond acceptors (Lipinski definition) is 5. The van der Waals surface area contributed by atoms with Gasteiger partial charge in [-0.25, -0.2) is 0 Å². The molecule has 1 N–H and O–H groups in total. The van der Waals surface area contributed by atoms with Gasteiger partial charge in [-0.05, 0) is 20.3 Å². The Morgan fingerprint density at radius 3 is 2.53 bits per heavy atom. The highest BCUT2D eigenvalue weighted by atomic mass is 32.1. The highest BCUT2D eigenvalue weighted by molar-refractivity contribution is 7.09. The van der Waals surface area contributed by atoms with E-state index in [9.17, 15) is 18.0 Å². The number of aliphatic carboxylic acids is 1. The third-order valence-corrected chi connectivity index (χ3v) is 3.08. The van der Waals surface area contributed by atoms with Gasteiger partial charge < -0.3 is 10.0 Å². The lowest BCUT2D eigenvalue weighted by molar-refractivity contribution is -0.144. The zero-order valence-corrected chi connectivity index (χ0v) is 11.3. The zero-order valence-electron chi connectivity index (χ0n) is 10.4. The van der Waals surface area contributed by atoms with Crippen LogP contribution in [0.25, 0.3) is 0 Å². The summed E-state index contributed by atoms with van der Waals surface area (Å²) in [4.78, 5) is 15.5. The largest absolute Gasteiger partial charge is 0.481 e. The summed E-state index contributed by atoms with van der Waals surface area (Å²) in [6, 6.07) is -0.0807. The summed E-state index contributed by atoms with van der Waals surface area (Å²) in [5.74, 6) is -2.09. The number of carboxylic acids is 1. The monoisotopic (exact) mass is 297 g/mol. The summed E-state index contributed by atoms with van der Waals surface area (Å²) in [6.45, 7) is 3.93. The second-order valence-electron chi connectivity index (χ2n) is 4.18. The van der Waals surface area contributed by atoms with Crippen LogP contribution in [0.2, 0.25) is 0 Å². The Morgan fingerprint density at radius 1 is 1.47 bits per heavy atom. The number of hydrogen-bond donors (Lipinski definition) is 1. The molecule has 0 amide bonds. The molecule has 108 valence electrons. The first-order valence-corrected chi connectivity index (χ1v) is 6.38. The smallest absolute Gasteiger partial charge is 0.452 e. The van der Waals surface area contributed by atoms with Gasteiger partial charge in [0, 0.05) is 30.5 Å². The van der Waals surface area contributed by atoms with Gasteiger partial charge >= 0.3 is 12.1 Å². The van der Waals surface area contributed by atoms with Gasteiger partial charge in [-0.3, -0.25) is 4.79 Å². The molecule has 0 aliphatic heterocycles. The van der Waals surface area contributed by atoms with Crippen LogP contribution in [0.5, 0.6) is 0 Å². The van der Waals surface area contributed by atoms with E-state index in [-0.39, 0.29) is 17.6 Å². The van der Waals surface area contributed by atoms with Crippen LogP contribution >= 0.6 is 11.5 Å². The summed E-state index contributed by atoms with van der Waals surface area (Å²) in [5, 5.41) is 8.71. The van der Waals surface area contributed by atoms with Gasteiger partial charge in [0.15, 0.2) is 0 Å². The molecule has 0 unspecified atom stereocenters. The zero-order chi connectivity index (χ0) is 14.6. The van der Waals surface area contributed by atoms with Gasteiger partial charge in [0.25, 0.3) is 0 Å². The predicted octanol–water partition coefficient (Wildman–Crippen LogP) is 2.64. The van der Waals surface area contributed by atoms with Crippen LogP contribution in [0.3, 0.4) is 0 Å². The molecule has 0 bridgehead atoms. The van der Waals surface area contributed by atoms with Crippen molar-refractivity contribution >= 4 is 22.6 Å². The third-order valence-electron chi connectivity index (χ3n) is 2.33. The maximum Gasteiger partial charge on any atom is 0.452 e. The standard InChI is InChI=1S/C10H14F3N3O2S/c1-6(2)16(5-3-4-7(17)18)9-14-8(15-19-9)10(11,12)13/h6H,3-5H2,1-2H3,(H,17,18). The molecule has 1 aromatic rings. The van der Waals surface area contributed by atoms with Crippen molar-refractivity contribution in [3.63, 3.8) is 0 Å². The van der Waals surface area contributed by atoms with Gasteiger partial charge in [0.05, 0.1) is 0 Å². The molecule has 1 rings (SSSR count). The van der Waals surface area contributed by atoms with Crippen molar-refractivity contribution in [2.24, 2.45) is 0 Å². The first kappa shape index (κ1) is 15.7. The molecule has 0 saturated carbocycles. The SMILES string of the molecule is CC(C)N(CCCC(=O)O)c1nc(C(F)(F)F)ns1. The highest BCUT2D eigenvalue weighted by Crippen LogP contribution is 2.30. The fourth-order valence-electron chi connectivity index (χ4n) is 1.42. The summed E-state index contributed by atoms with van der Waals surface area (Å²) in [7, 11) is 0. The molecule has 0 atom stereocenters. The van der Waals surface area contributed by atoms with Crippen LogP contribution in [-0.4, -0.2) is 33.0 Å². The van der Waals surface area contributed by atoms with Crippen LogP contribution in [0.1, 0.15) is 32.5 Å². The summed E-state index contributed by atoms with van der Waals surface area (Å²) in [6.07, 6.45) is -4.25. The Labute approximate surface area is 112 Å². The molecule has 0 saturated heterocycles. The third kappa shape index (κ3) is 4.66. The molecule has 0 aliphatic carbocycles. The van der Waals surface area contributed by atoms with Crippen LogP contribution in [0, 0.1) is 0 Å². The van der Waals surface area contributed by atoms with Crippen molar-refractivity contribution in [2.45, 2.75) is 38.9 Å². The average molecular weight is 297 g/mol. The lowest BCUT2D eigenvalue weighted by Crippen LogP contribution is -2.32. The second kappa shape index (κ2) is 6.18. The lowest BCUT2D eigenvalue weighted by atomic mass is 10.2. The van der Waals surface area contributed by atoms with E-state index in [0.29, 0.717) is 24.5 Å². The molecule has 1 heterocycles. The van der Waals surface area contributed by atoms with Gasteiger partial charge in [-0.15, -0.1) is 0 Å². The second-order valence-corrected chi connectivity index (χ2v) is 4.91. The van der Waals surface area contributed by atoms with E-state index in [1.807, 2.05) is 0 Å². The summed E-state index contributed by atoms with van der Waals surface area (Å²) >= 11 is 0.669. The number of nitrogens with zero attached hydrogens (tertiary/aromatic N) is 3. The summed E-state index contributed by atoms with van der Waals surface area (Å²) < 4.78 is 40.5. The molecule has 0 aliphatic rings. The molecular formula is C10H14F3N3O2S. The minimum Gasteiger partial charge on any atom is -0.481 e. The molecule has 1 aromatic heterocycles. The number of halogens is 3. The van der Waals surface area contributed by atoms with Crippen molar-refractivity contribution in [1.29, 1.82) is 0 Å². The predicted molar refractivity (Wildman–Crippen MR) is 64.3 cm³/mol. The Balaban J connectivity index is 2.76. The lowest BCUT2D eigenvalue weighted by Gasteiger charge is -2.25. The number of alkyl halides is 3. The molecule has 0 fully saturated rings. The van der Waals surface area contributed by atoms with E-state index in [1.54, 1.807) is 18.7 Å². The van der Waals surface area contributed by atoms with E-state index < -0.39 is 18.0 Å². The molecule has 19 heavy (non-hydrogen) atoms. The van der Waals surface area contributed by atoms with E-state index in [0.717, 1.165) is 0 Å². The fourth-order valence-corrected chi connectivity index (χ4v) is 2.27. The van der Waals surface area contributed by atoms with Crippen molar-refractivity contribution < 1.29 is 23.1 Å². The first-order valence-electron chi connectivity index (χ1n) is 5.61. The molecule has 0 spiro atoms. The normalized spacial score (nSPS) is 11.9. The van der Waals surface area contributed by atoms with Gasteiger partial charge in [0.2, 0.25) is 11.0 Å². The highest BCUT2D eigenvalue weighted by Gasteiger charge is 2.36. The maximum atomic E-state index is 12.4. The molecule has 5 nitrogen and oxygen atoms in total. The minimum absolute atomic E-state index is 0.0336.